The summed E-state index contributed by atoms with van der Waals surface area (Å²) in [6, 6.07) is 9.52. The number of carbonyl (C=O) groups is 1. The van der Waals surface area contributed by atoms with Gasteiger partial charge in [0, 0.05) is 17.9 Å². The van der Waals surface area contributed by atoms with Gasteiger partial charge in [0.1, 0.15) is 0 Å². The Labute approximate surface area is 225 Å². The maximum atomic E-state index is 12.4. The van der Waals surface area contributed by atoms with Crippen LogP contribution in [0.4, 0.5) is 0 Å². The molecule has 0 spiro atoms. The molecule has 0 aromatic heterocycles. The van der Waals surface area contributed by atoms with Crippen molar-refractivity contribution in [3.05, 3.63) is 71.3 Å². The van der Waals surface area contributed by atoms with Gasteiger partial charge in [-0.3, -0.25) is 4.79 Å². The Morgan fingerprint density at radius 3 is 2.54 bits per heavy atom. The van der Waals surface area contributed by atoms with Gasteiger partial charge in [0.15, 0.2) is 0 Å². The van der Waals surface area contributed by atoms with Crippen LogP contribution in [0, 0.1) is 23.7 Å². The molecule has 1 saturated carbocycles. The Morgan fingerprint density at radius 1 is 1.11 bits per heavy atom. The van der Waals surface area contributed by atoms with E-state index >= 15 is 0 Å². The first-order chi connectivity index (χ1) is 17.9. The van der Waals surface area contributed by atoms with Crippen molar-refractivity contribution in [1.29, 1.82) is 0 Å². The molecule has 37 heavy (non-hydrogen) atoms. The number of nitrogens with one attached hydrogen (secondary N) is 1. The molecule has 1 fully saturated rings. The molecule has 3 atom stereocenters. The average molecular weight is 506 g/mol. The molecule has 1 aromatic carbocycles. The van der Waals surface area contributed by atoms with Crippen LogP contribution in [0.2, 0.25) is 0 Å². The van der Waals surface area contributed by atoms with Gasteiger partial charge in [-0.15, -0.1) is 0 Å². The maximum absolute atomic E-state index is 12.4. The predicted molar refractivity (Wildman–Crippen MR) is 154 cm³/mol. The SMILES string of the molecule is C/C(=C\CCC#C/C=C/[C@@H](C)[C@@H](O)/C(C)=C/CCC1CCCCC1)C(=O)N[C@H](CO)Cc1ccccc1. The highest BCUT2D eigenvalue weighted by molar-refractivity contribution is 5.92. The van der Waals surface area contributed by atoms with Crippen molar-refractivity contribution in [1.82, 2.24) is 5.32 Å². The fourth-order valence-corrected chi connectivity index (χ4v) is 4.81. The van der Waals surface area contributed by atoms with Crippen LogP contribution in [0.25, 0.3) is 0 Å². The molecule has 0 heterocycles. The second-order valence-corrected chi connectivity index (χ2v) is 10.5. The van der Waals surface area contributed by atoms with Gasteiger partial charge in [0.05, 0.1) is 18.8 Å². The second-order valence-electron chi connectivity index (χ2n) is 10.5. The summed E-state index contributed by atoms with van der Waals surface area (Å²) < 4.78 is 0. The molecule has 0 saturated heterocycles. The van der Waals surface area contributed by atoms with Crippen LogP contribution in [0.5, 0.6) is 0 Å². The van der Waals surface area contributed by atoms with Crippen molar-refractivity contribution in [2.24, 2.45) is 11.8 Å². The zero-order chi connectivity index (χ0) is 26.9. The number of benzene rings is 1. The van der Waals surface area contributed by atoms with E-state index < -0.39 is 6.10 Å². The smallest absolute Gasteiger partial charge is 0.246 e. The fraction of sp³-hybridized carbons (Fsp3) is 0.545. The number of unbranched alkanes of at least 4 members (excludes halogenated alkanes) is 1. The van der Waals surface area contributed by atoms with Crippen LogP contribution >= 0.6 is 0 Å². The summed E-state index contributed by atoms with van der Waals surface area (Å²) in [7, 11) is 0. The lowest BCUT2D eigenvalue weighted by atomic mass is 9.85. The molecule has 0 unspecified atom stereocenters. The van der Waals surface area contributed by atoms with Crippen LogP contribution in [-0.2, 0) is 11.2 Å². The second kappa shape index (κ2) is 17.8. The Hall–Kier alpha value is -2.61. The number of aliphatic hydroxyl groups is 2. The van der Waals surface area contributed by atoms with Gasteiger partial charge in [0.25, 0.3) is 0 Å². The van der Waals surface area contributed by atoms with Crippen molar-refractivity contribution >= 4 is 5.91 Å². The molecule has 0 aliphatic heterocycles. The number of carbonyl (C=O) groups excluding carboxylic acids is 1. The normalized spacial score (nSPS) is 17.6. The summed E-state index contributed by atoms with van der Waals surface area (Å²) in [5, 5.41) is 23.1. The number of hydrogen-bond donors (Lipinski definition) is 3. The van der Waals surface area contributed by atoms with Gasteiger partial charge in [-0.25, -0.2) is 0 Å². The number of aliphatic hydroxyl groups excluding tert-OH is 2. The molecule has 4 heteroatoms. The monoisotopic (exact) mass is 505 g/mol. The molecule has 1 aliphatic rings. The fourth-order valence-electron chi connectivity index (χ4n) is 4.81. The van der Waals surface area contributed by atoms with Gasteiger partial charge in [-0.1, -0.05) is 99.4 Å². The minimum Gasteiger partial charge on any atom is -0.394 e. The van der Waals surface area contributed by atoms with Crippen molar-refractivity contribution in [2.75, 3.05) is 6.61 Å². The van der Waals surface area contributed by atoms with Gasteiger partial charge >= 0.3 is 0 Å². The highest BCUT2D eigenvalue weighted by Gasteiger charge is 2.15. The van der Waals surface area contributed by atoms with E-state index in [-0.39, 0.29) is 24.5 Å². The third kappa shape index (κ3) is 12.5. The Bertz CT molecular complexity index is 945. The first-order valence-electron chi connectivity index (χ1n) is 14.0. The molecule has 0 bridgehead atoms. The molecule has 0 radical (unpaired) electrons. The van der Waals surface area contributed by atoms with Gasteiger partial charge in [-0.2, -0.15) is 0 Å². The molecule has 3 N–H and O–H groups in total. The van der Waals surface area contributed by atoms with E-state index in [4.69, 9.17) is 0 Å². The lowest BCUT2D eigenvalue weighted by Gasteiger charge is -2.21. The Morgan fingerprint density at radius 2 is 1.84 bits per heavy atom. The average Bonchev–Trinajstić information content (AvgIpc) is 2.92. The van der Waals surface area contributed by atoms with E-state index in [9.17, 15) is 15.0 Å². The van der Waals surface area contributed by atoms with Crippen LogP contribution in [0.15, 0.2) is 65.8 Å². The highest BCUT2D eigenvalue weighted by atomic mass is 16.3. The number of allylic oxidation sites excluding steroid dienone is 3. The van der Waals surface area contributed by atoms with E-state index in [1.165, 1.54) is 38.5 Å². The Kier molecular flexibility index (Phi) is 14.7. The highest BCUT2D eigenvalue weighted by Crippen LogP contribution is 2.27. The summed E-state index contributed by atoms with van der Waals surface area (Å²) in [6.07, 6.45) is 18.5. The summed E-state index contributed by atoms with van der Waals surface area (Å²) in [5.41, 5.74) is 2.76. The minimum atomic E-state index is -0.474. The Balaban J connectivity index is 1.69. The van der Waals surface area contributed by atoms with E-state index in [0.29, 0.717) is 24.8 Å². The van der Waals surface area contributed by atoms with E-state index in [1.54, 1.807) is 6.92 Å². The minimum absolute atomic E-state index is 0.0152. The summed E-state index contributed by atoms with van der Waals surface area (Å²) in [5.74, 6) is 6.88. The van der Waals surface area contributed by atoms with E-state index in [1.807, 2.05) is 62.4 Å². The maximum Gasteiger partial charge on any atom is 0.246 e. The third-order valence-electron chi connectivity index (χ3n) is 7.27. The van der Waals surface area contributed by atoms with Crippen LogP contribution in [0.1, 0.15) is 84.1 Å². The van der Waals surface area contributed by atoms with Crippen LogP contribution in [-0.4, -0.2) is 34.9 Å². The number of hydrogen-bond acceptors (Lipinski definition) is 3. The number of amides is 1. The lowest BCUT2D eigenvalue weighted by molar-refractivity contribution is -0.118. The molecule has 4 nitrogen and oxygen atoms in total. The zero-order valence-corrected chi connectivity index (χ0v) is 23.1. The van der Waals surface area contributed by atoms with Crippen molar-refractivity contribution < 1.29 is 15.0 Å². The standard InChI is InChI=1S/C33H47NO3/c1-26(32(36)27(2)18-15-23-29-19-11-7-12-20-29)16-9-5-4-6-10-17-28(3)33(37)34-31(25-35)24-30-21-13-8-14-22-30/h8-9,13-14,16-18,21-22,26,29,31-32,35-36H,6-7,10-12,15,19-20,23-25H2,1-3H3,(H,34,37)/b16-9+,27-18+,28-17+/t26-,31+,32-/m1/s1. The summed E-state index contributed by atoms with van der Waals surface area (Å²) in [4.78, 5) is 12.4. The first kappa shape index (κ1) is 30.6. The molecular formula is C33H47NO3. The van der Waals surface area contributed by atoms with Crippen molar-refractivity contribution in [3.8, 4) is 11.8 Å². The summed E-state index contributed by atoms with van der Waals surface area (Å²) in [6.45, 7) is 5.72. The van der Waals surface area contributed by atoms with E-state index in [0.717, 1.165) is 23.5 Å². The van der Waals surface area contributed by atoms with Crippen LogP contribution < -0.4 is 5.32 Å². The molecule has 1 aliphatic carbocycles. The summed E-state index contributed by atoms with van der Waals surface area (Å²) >= 11 is 0. The van der Waals surface area contributed by atoms with Gasteiger partial charge < -0.3 is 15.5 Å². The molecule has 1 amide bonds. The largest absolute Gasteiger partial charge is 0.394 e. The molecule has 202 valence electrons. The number of rotatable bonds is 13. The van der Waals surface area contributed by atoms with E-state index in [2.05, 4.69) is 23.2 Å². The van der Waals surface area contributed by atoms with Crippen molar-refractivity contribution in [3.63, 3.8) is 0 Å². The third-order valence-corrected chi connectivity index (χ3v) is 7.27. The van der Waals surface area contributed by atoms with Gasteiger partial charge in [-0.05, 0) is 62.7 Å². The zero-order valence-electron chi connectivity index (χ0n) is 23.1. The predicted octanol–water partition coefficient (Wildman–Crippen LogP) is 6.30. The van der Waals surface area contributed by atoms with Gasteiger partial charge in [0.2, 0.25) is 5.91 Å². The lowest BCUT2D eigenvalue weighted by Crippen LogP contribution is -2.39. The molecule has 1 aromatic rings. The molecule has 2 rings (SSSR count). The molecular weight excluding hydrogens is 458 g/mol. The topological polar surface area (TPSA) is 69.6 Å². The first-order valence-corrected chi connectivity index (χ1v) is 14.0. The van der Waals surface area contributed by atoms with Crippen molar-refractivity contribution in [2.45, 2.75) is 97.1 Å². The quantitative estimate of drug-likeness (QED) is 0.128. The van der Waals surface area contributed by atoms with Crippen LogP contribution in [0.3, 0.4) is 0 Å².